The second-order valence-corrected chi connectivity index (χ2v) is 4.23. The third-order valence-corrected chi connectivity index (χ3v) is 2.81. The number of hydrogen-bond acceptors (Lipinski definition) is 5. The molecule has 0 aliphatic rings. The number of ether oxygens (including phenoxy) is 1. The molecule has 0 spiro atoms. The minimum absolute atomic E-state index is 0.0792. The first kappa shape index (κ1) is 10.1. The molecule has 74 valence electrons. The molecular weight excluding hydrogens is 194 g/mol. The van der Waals surface area contributed by atoms with E-state index >= 15 is 0 Å². The summed E-state index contributed by atoms with van der Waals surface area (Å²) in [4.78, 5) is 3.55. The van der Waals surface area contributed by atoms with Crippen LogP contribution in [-0.2, 0) is 14.8 Å². The van der Waals surface area contributed by atoms with E-state index in [2.05, 4.69) is 10.1 Å². The molecule has 0 unspecified atom stereocenters. The van der Waals surface area contributed by atoms with Crippen molar-refractivity contribution in [1.29, 1.82) is 0 Å². The minimum Gasteiger partial charge on any atom is -0.381 e. The zero-order valence-corrected chi connectivity index (χ0v) is 8.07. The number of hydrogen-bond donors (Lipinski definition) is 0. The monoisotopic (exact) mass is 205 g/mol. The topological polar surface area (TPSA) is 74.1 Å². The van der Waals surface area contributed by atoms with E-state index in [0.717, 1.165) is 10.4 Å². The highest BCUT2D eigenvalue weighted by atomic mass is 32.2. The summed E-state index contributed by atoms with van der Waals surface area (Å²) < 4.78 is 28.5. The molecule has 0 aliphatic carbocycles. The Morgan fingerprint density at radius 3 is 2.85 bits per heavy atom. The van der Waals surface area contributed by atoms with Crippen LogP contribution in [0.3, 0.4) is 0 Å². The first-order valence-electron chi connectivity index (χ1n) is 3.82. The molecule has 1 aromatic heterocycles. The Bertz CT molecular complexity index is 332. The summed E-state index contributed by atoms with van der Waals surface area (Å²) in [6.45, 7) is 2.49. The summed E-state index contributed by atoms with van der Waals surface area (Å²) in [7, 11) is -3.37. The van der Waals surface area contributed by atoms with E-state index in [1.54, 1.807) is 0 Å². The van der Waals surface area contributed by atoms with Crippen LogP contribution in [0.15, 0.2) is 12.7 Å². The van der Waals surface area contributed by atoms with E-state index in [-0.39, 0.29) is 12.4 Å². The van der Waals surface area contributed by atoms with Crippen LogP contribution in [0.2, 0.25) is 0 Å². The second kappa shape index (κ2) is 4.33. The normalized spacial score (nSPS) is 11.8. The van der Waals surface area contributed by atoms with Crippen molar-refractivity contribution in [3.8, 4) is 0 Å². The molecule has 1 rings (SSSR count). The average molecular weight is 205 g/mol. The smallest absolute Gasteiger partial charge is 0.257 e. The SMILES string of the molecule is CCOCCS(=O)(=O)n1cncn1. The van der Waals surface area contributed by atoms with Crippen molar-refractivity contribution in [3.05, 3.63) is 12.7 Å². The lowest BCUT2D eigenvalue weighted by molar-refractivity contribution is 0.163. The van der Waals surface area contributed by atoms with Gasteiger partial charge < -0.3 is 4.74 Å². The summed E-state index contributed by atoms with van der Waals surface area (Å²) in [6.07, 6.45) is 2.33. The Hall–Kier alpha value is -0.950. The highest BCUT2D eigenvalue weighted by molar-refractivity contribution is 7.89. The van der Waals surface area contributed by atoms with Gasteiger partial charge in [0.2, 0.25) is 0 Å². The fourth-order valence-corrected chi connectivity index (χ4v) is 1.64. The average Bonchev–Trinajstić information content (AvgIpc) is 2.56. The van der Waals surface area contributed by atoms with E-state index in [4.69, 9.17) is 4.74 Å². The molecule has 0 aromatic carbocycles. The van der Waals surface area contributed by atoms with Crippen molar-refractivity contribution in [2.75, 3.05) is 19.0 Å². The quantitative estimate of drug-likeness (QED) is 0.605. The van der Waals surface area contributed by atoms with Gasteiger partial charge in [0.25, 0.3) is 10.0 Å². The van der Waals surface area contributed by atoms with Crippen molar-refractivity contribution in [1.82, 2.24) is 14.2 Å². The number of rotatable bonds is 5. The van der Waals surface area contributed by atoms with Gasteiger partial charge >= 0.3 is 0 Å². The van der Waals surface area contributed by atoms with E-state index in [1.165, 1.54) is 6.33 Å². The predicted octanol–water partition coefficient (Wildman–Crippen LogP) is -0.508. The van der Waals surface area contributed by atoms with Gasteiger partial charge in [-0.05, 0) is 6.92 Å². The lowest BCUT2D eigenvalue weighted by Gasteiger charge is -2.02. The second-order valence-electron chi connectivity index (χ2n) is 2.28. The molecule has 0 radical (unpaired) electrons. The Kier molecular flexibility index (Phi) is 3.38. The molecule has 7 heteroatoms. The lowest BCUT2D eigenvalue weighted by Crippen LogP contribution is -2.20. The van der Waals surface area contributed by atoms with Crippen LogP contribution in [0.25, 0.3) is 0 Å². The molecule has 0 saturated heterocycles. The molecule has 0 aliphatic heterocycles. The maximum atomic E-state index is 11.3. The zero-order chi connectivity index (χ0) is 9.73. The summed E-state index contributed by atoms with van der Waals surface area (Å²) in [5.41, 5.74) is 0. The minimum atomic E-state index is -3.37. The summed E-state index contributed by atoms with van der Waals surface area (Å²) in [5.74, 6) is -0.0792. The Labute approximate surface area is 76.6 Å². The number of nitrogens with zero attached hydrogens (tertiary/aromatic N) is 3. The van der Waals surface area contributed by atoms with Crippen LogP contribution >= 0.6 is 0 Å². The molecule has 0 atom stereocenters. The van der Waals surface area contributed by atoms with Gasteiger partial charge in [-0.1, -0.05) is 0 Å². The maximum absolute atomic E-state index is 11.3. The van der Waals surface area contributed by atoms with Crippen LogP contribution in [-0.4, -0.2) is 41.6 Å². The van der Waals surface area contributed by atoms with Gasteiger partial charge in [-0.3, -0.25) is 0 Å². The van der Waals surface area contributed by atoms with Crippen molar-refractivity contribution >= 4 is 10.0 Å². The molecule has 0 fully saturated rings. The Morgan fingerprint density at radius 2 is 2.31 bits per heavy atom. The molecule has 6 nitrogen and oxygen atoms in total. The summed E-state index contributed by atoms with van der Waals surface area (Å²) >= 11 is 0. The van der Waals surface area contributed by atoms with Crippen LogP contribution < -0.4 is 0 Å². The molecule has 0 amide bonds. The van der Waals surface area contributed by atoms with Crippen LogP contribution in [0.1, 0.15) is 6.92 Å². The summed E-state index contributed by atoms with van der Waals surface area (Å²) in [6, 6.07) is 0. The van der Waals surface area contributed by atoms with Gasteiger partial charge in [-0.15, -0.1) is 9.19 Å². The van der Waals surface area contributed by atoms with E-state index in [9.17, 15) is 8.42 Å². The zero-order valence-electron chi connectivity index (χ0n) is 7.25. The van der Waals surface area contributed by atoms with E-state index in [0.29, 0.717) is 6.61 Å². The fourth-order valence-electron chi connectivity index (χ4n) is 0.743. The Morgan fingerprint density at radius 1 is 1.54 bits per heavy atom. The molecule has 1 heterocycles. The van der Waals surface area contributed by atoms with Gasteiger partial charge in [0.05, 0.1) is 12.4 Å². The highest BCUT2D eigenvalue weighted by Crippen LogP contribution is 1.93. The lowest BCUT2D eigenvalue weighted by atomic mass is 10.8. The van der Waals surface area contributed by atoms with Gasteiger partial charge in [0.15, 0.2) is 0 Å². The maximum Gasteiger partial charge on any atom is 0.257 e. The van der Waals surface area contributed by atoms with Gasteiger partial charge in [0, 0.05) is 6.61 Å². The van der Waals surface area contributed by atoms with Gasteiger partial charge in [0.1, 0.15) is 12.7 Å². The predicted molar refractivity (Wildman–Crippen MR) is 45.7 cm³/mol. The molecule has 0 bridgehead atoms. The third kappa shape index (κ3) is 2.78. The highest BCUT2D eigenvalue weighted by Gasteiger charge is 2.12. The van der Waals surface area contributed by atoms with Gasteiger partial charge in [-0.2, -0.15) is 0 Å². The van der Waals surface area contributed by atoms with Gasteiger partial charge in [-0.25, -0.2) is 13.4 Å². The van der Waals surface area contributed by atoms with Crippen molar-refractivity contribution in [2.24, 2.45) is 0 Å². The van der Waals surface area contributed by atoms with Crippen LogP contribution in [0, 0.1) is 0 Å². The number of aromatic nitrogens is 3. The third-order valence-electron chi connectivity index (χ3n) is 1.37. The van der Waals surface area contributed by atoms with Crippen molar-refractivity contribution in [2.45, 2.75) is 6.92 Å². The molecule has 0 saturated carbocycles. The molecule has 1 aromatic rings. The van der Waals surface area contributed by atoms with E-state index in [1.807, 2.05) is 6.92 Å². The van der Waals surface area contributed by atoms with E-state index < -0.39 is 10.0 Å². The van der Waals surface area contributed by atoms with Crippen molar-refractivity contribution < 1.29 is 13.2 Å². The standard InChI is InChI=1S/C6H11N3O3S/c1-2-12-3-4-13(10,11)9-6-7-5-8-9/h5-6H,2-4H2,1H3. The fraction of sp³-hybridized carbons (Fsp3) is 0.667. The van der Waals surface area contributed by atoms with Crippen LogP contribution in [0.4, 0.5) is 0 Å². The first-order chi connectivity index (χ1) is 6.17. The Balaban J connectivity index is 2.58. The molecular formula is C6H11N3O3S. The van der Waals surface area contributed by atoms with Crippen LogP contribution in [0.5, 0.6) is 0 Å². The first-order valence-corrected chi connectivity index (χ1v) is 5.43. The largest absolute Gasteiger partial charge is 0.381 e. The molecule has 13 heavy (non-hydrogen) atoms. The van der Waals surface area contributed by atoms with Crippen molar-refractivity contribution in [3.63, 3.8) is 0 Å². The summed E-state index contributed by atoms with van der Waals surface area (Å²) in [5, 5.41) is 3.53. The molecule has 0 N–H and O–H groups in total.